The van der Waals surface area contributed by atoms with Gasteiger partial charge in [-0.3, -0.25) is 9.36 Å². The first kappa shape index (κ1) is 26.2. The summed E-state index contributed by atoms with van der Waals surface area (Å²) in [4.78, 5) is 37.4. The van der Waals surface area contributed by atoms with Crippen LogP contribution >= 0.6 is 11.6 Å². The van der Waals surface area contributed by atoms with Gasteiger partial charge in [0.25, 0.3) is 5.56 Å². The number of fused-ring (bicyclic) bond motifs is 2. The van der Waals surface area contributed by atoms with Crippen LogP contribution in [0.4, 0.5) is 15.1 Å². The minimum Gasteiger partial charge on any atom is -0.445 e. The van der Waals surface area contributed by atoms with Crippen molar-refractivity contribution in [2.75, 3.05) is 18.4 Å². The molecule has 2 aliphatic rings. The molecule has 1 saturated carbocycles. The van der Waals surface area contributed by atoms with Gasteiger partial charge >= 0.3 is 6.09 Å². The molecule has 210 valence electrons. The number of nitrogens with one attached hydrogen (secondary N) is 1. The summed E-state index contributed by atoms with van der Waals surface area (Å²) in [5.41, 5.74) is 2.44. The van der Waals surface area contributed by atoms with Crippen molar-refractivity contribution in [1.29, 1.82) is 0 Å². The first-order valence-electron chi connectivity index (χ1n) is 13.6. The molecule has 0 bridgehead atoms. The van der Waals surface area contributed by atoms with Crippen LogP contribution in [0.3, 0.4) is 0 Å². The van der Waals surface area contributed by atoms with Gasteiger partial charge in [-0.15, -0.1) is 0 Å². The van der Waals surface area contributed by atoms with Gasteiger partial charge in [0, 0.05) is 58.7 Å². The Labute approximate surface area is 245 Å². The van der Waals surface area contributed by atoms with Gasteiger partial charge in [0.1, 0.15) is 12.4 Å². The van der Waals surface area contributed by atoms with Crippen LogP contribution in [0.2, 0.25) is 5.02 Å². The number of rotatable bonds is 6. The number of likely N-dealkylation sites (tertiary alicyclic amines) is 1. The Morgan fingerprint density at radius 3 is 2.43 bits per heavy atom. The molecule has 1 N–H and O–H groups in total. The standard InChI is InChI=1S/C32H25ClFN5O3/c33-27-9-5-4-8-23(27)24-14-20-15-35-31(37-29(20)39(30(24)40)22-12-10-21(34)11-13-22)36-28-25-16-38(17-26(25)28)32(41)42-18-19-6-2-1-3-7-19/h1-15,25-26,28H,16-18H2,(H,35,36,37). The quantitative estimate of drug-likeness (QED) is 0.268. The molecule has 2 aromatic heterocycles. The topological polar surface area (TPSA) is 89.4 Å². The molecular weight excluding hydrogens is 557 g/mol. The molecule has 8 nitrogen and oxygen atoms in total. The van der Waals surface area contributed by atoms with E-state index in [1.807, 2.05) is 36.4 Å². The third-order valence-corrected chi connectivity index (χ3v) is 8.27. The lowest BCUT2D eigenvalue weighted by molar-refractivity contribution is 0.100. The second kappa shape index (κ2) is 10.6. The predicted molar refractivity (Wildman–Crippen MR) is 158 cm³/mol. The SMILES string of the molecule is O=C(OCc1ccccc1)N1CC2C(C1)C2Nc1ncc2cc(-c3ccccc3Cl)c(=O)n(-c3ccc(F)cc3)c2n1. The molecule has 1 saturated heterocycles. The second-order valence-corrected chi connectivity index (χ2v) is 11.0. The highest BCUT2D eigenvalue weighted by Crippen LogP contribution is 2.47. The molecule has 3 heterocycles. The summed E-state index contributed by atoms with van der Waals surface area (Å²) >= 11 is 6.44. The molecule has 2 atom stereocenters. The summed E-state index contributed by atoms with van der Waals surface area (Å²) in [5.74, 6) is 0.486. The molecule has 1 aliphatic heterocycles. The normalized spacial score (nSPS) is 19.0. The Kier molecular flexibility index (Phi) is 6.59. The first-order chi connectivity index (χ1) is 20.5. The van der Waals surface area contributed by atoms with E-state index in [-0.39, 0.29) is 36.1 Å². The number of hydrogen-bond donors (Lipinski definition) is 1. The van der Waals surface area contributed by atoms with Gasteiger partial charge < -0.3 is 15.0 Å². The van der Waals surface area contributed by atoms with Crippen molar-refractivity contribution in [3.8, 4) is 16.8 Å². The Hall–Kier alpha value is -4.76. The van der Waals surface area contributed by atoms with Crippen LogP contribution in [0.25, 0.3) is 27.8 Å². The Morgan fingerprint density at radius 2 is 1.69 bits per heavy atom. The highest BCUT2D eigenvalue weighted by Gasteiger charge is 2.57. The van der Waals surface area contributed by atoms with Crippen LogP contribution in [0.15, 0.2) is 95.9 Å². The number of amides is 1. The second-order valence-electron chi connectivity index (χ2n) is 10.6. The fourth-order valence-corrected chi connectivity index (χ4v) is 5.96. The molecule has 2 fully saturated rings. The summed E-state index contributed by atoms with van der Waals surface area (Å²) in [6, 6.07) is 24.2. The van der Waals surface area contributed by atoms with Crippen LogP contribution in [0.5, 0.6) is 0 Å². The van der Waals surface area contributed by atoms with Crippen LogP contribution < -0.4 is 10.9 Å². The lowest BCUT2D eigenvalue weighted by Crippen LogP contribution is -2.34. The van der Waals surface area contributed by atoms with Crippen LogP contribution in [0, 0.1) is 17.7 Å². The molecule has 0 radical (unpaired) electrons. The van der Waals surface area contributed by atoms with Crippen molar-refractivity contribution in [2.45, 2.75) is 12.6 Å². The van der Waals surface area contributed by atoms with Crippen molar-refractivity contribution in [1.82, 2.24) is 19.4 Å². The maximum atomic E-state index is 13.9. The molecule has 1 aliphatic carbocycles. The van der Waals surface area contributed by atoms with E-state index in [4.69, 9.17) is 21.3 Å². The number of anilines is 1. The summed E-state index contributed by atoms with van der Waals surface area (Å²) in [5, 5.41) is 4.46. The monoisotopic (exact) mass is 581 g/mol. The van der Waals surface area contributed by atoms with Crippen molar-refractivity contribution in [3.63, 3.8) is 0 Å². The number of aromatic nitrogens is 3. The van der Waals surface area contributed by atoms with Gasteiger partial charge in [-0.1, -0.05) is 60.1 Å². The summed E-state index contributed by atoms with van der Waals surface area (Å²) < 4.78 is 20.7. The zero-order chi connectivity index (χ0) is 28.8. The maximum Gasteiger partial charge on any atom is 0.410 e. The molecule has 10 heteroatoms. The fourth-order valence-electron chi connectivity index (χ4n) is 5.72. The Balaban J connectivity index is 1.13. The first-order valence-corrected chi connectivity index (χ1v) is 14.0. The predicted octanol–water partition coefficient (Wildman–Crippen LogP) is 5.92. The van der Waals surface area contributed by atoms with E-state index in [0.29, 0.717) is 51.9 Å². The molecule has 7 rings (SSSR count). The molecule has 42 heavy (non-hydrogen) atoms. The van der Waals surface area contributed by atoms with Crippen LogP contribution in [0.1, 0.15) is 5.56 Å². The number of carbonyl (C=O) groups is 1. The number of piperidine rings is 1. The fraction of sp³-hybridized carbons (Fsp3) is 0.188. The molecule has 0 spiro atoms. The van der Waals surface area contributed by atoms with E-state index in [1.165, 1.54) is 16.7 Å². The van der Waals surface area contributed by atoms with Crippen molar-refractivity contribution in [2.24, 2.45) is 11.8 Å². The number of pyridine rings is 1. The van der Waals surface area contributed by atoms with Gasteiger partial charge in [0.2, 0.25) is 5.95 Å². The minimum absolute atomic E-state index is 0.106. The highest BCUT2D eigenvalue weighted by molar-refractivity contribution is 6.33. The van der Waals surface area contributed by atoms with Crippen molar-refractivity contribution in [3.05, 3.63) is 118 Å². The number of ether oxygens (including phenoxy) is 1. The minimum atomic E-state index is -0.409. The summed E-state index contributed by atoms with van der Waals surface area (Å²) in [6.07, 6.45) is 1.35. The Bertz CT molecular complexity index is 1850. The summed E-state index contributed by atoms with van der Waals surface area (Å²) in [6.45, 7) is 1.42. The van der Waals surface area contributed by atoms with Crippen molar-refractivity contribution >= 4 is 34.7 Å². The Morgan fingerprint density at radius 1 is 0.976 bits per heavy atom. The zero-order valence-corrected chi connectivity index (χ0v) is 23.0. The average molecular weight is 582 g/mol. The van der Waals surface area contributed by atoms with E-state index >= 15 is 0 Å². The van der Waals surface area contributed by atoms with Crippen molar-refractivity contribution < 1.29 is 13.9 Å². The van der Waals surface area contributed by atoms with Gasteiger partial charge in [-0.2, -0.15) is 4.98 Å². The van der Waals surface area contributed by atoms with E-state index in [1.54, 1.807) is 47.5 Å². The van der Waals surface area contributed by atoms with E-state index in [0.717, 1.165) is 5.56 Å². The largest absolute Gasteiger partial charge is 0.445 e. The molecule has 3 aromatic carbocycles. The van der Waals surface area contributed by atoms with Crippen LogP contribution in [-0.4, -0.2) is 44.7 Å². The van der Waals surface area contributed by atoms with E-state index in [2.05, 4.69) is 10.3 Å². The maximum absolute atomic E-state index is 13.9. The number of halogens is 2. The van der Waals surface area contributed by atoms with E-state index < -0.39 is 5.82 Å². The lowest BCUT2D eigenvalue weighted by Gasteiger charge is -2.20. The van der Waals surface area contributed by atoms with Crippen LogP contribution in [-0.2, 0) is 11.3 Å². The number of benzene rings is 3. The average Bonchev–Trinajstić information content (AvgIpc) is 3.42. The van der Waals surface area contributed by atoms with Gasteiger partial charge in [-0.05, 0) is 42.0 Å². The molecule has 1 amide bonds. The number of carbonyl (C=O) groups excluding carboxylic acids is 1. The molecule has 2 unspecified atom stereocenters. The third kappa shape index (κ3) is 4.86. The lowest BCUT2D eigenvalue weighted by atomic mass is 10.1. The molecule has 5 aromatic rings. The smallest absolute Gasteiger partial charge is 0.410 e. The number of hydrogen-bond acceptors (Lipinski definition) is 6. The van der Waals surface area contributed by atoms with Gasteiger partial charge in [0.05, 0.1) is 5.69 Å². The summed E-state index contributed by atoms with van der Waals surface area (Å²) in [7, 11) is 0. The third-order valence-electron chi connectivity index (χ3n) is 7.94. The molecular formula is C32H25ClFN5O3. The number of nitrogens with zero attached hydrogens (tertiary/aromatic N) is 4. The highest BCUT2D eigenvalue weighted by atomic mass is 35.5. The zero-order valence-electron chi connectivity index (χ0n) is 22.3. The van der Waals surface area contributed by atoms with Gasteiger partial charge in [-0.25, -0.2) is 14.2 Å². The van der Waals surface area contributed by atoms with E-state index in [9.17, 15) is 14.0 Å². The van der Waals surface area contributed by atoms with Gasteiger partial charge in [0.15, 0.2) is 5.65 Å².